The van der Waals surface area contributed by atoms with Crippen LogP contribution in [0.3, 0.4) is 0 Å². The van der Waals surface area contributed by atoms with Gasteiger partial charge in [0.25, 0.3) is 0 Å². The summed E-state index contributed by atoms with van der Waals surface area (Å²) in [5, 5.41) is 8.50. The van der Waals surface area contributed by atoms with Gasteiger partial charge in [-0.1, -0.05) is 0 Å². The monoisotopic (exact) mass is 203 g/mol. The number of nitrogens with zero attached hydrogens (tertiary/aromatic N) is 1. The Bertz CT molecular complexity index is 354. The minimum absolute atomic E-state index is 0.630. The van der Waals surface area contributed by atoms with Gasteiger partial charge in [-0.05, 0) is 55.5 Å². The van der Waals surface area contributed by atoms with Gasteiger partial charge < -0.3 is 4.74 Å². The lowest BCUT2D eigenvalue weighted by atomic mass is 9.97. The van der Waals surface area contributed by atoms with Gasteiger partial charge in [0.05, 0.1) is 13.2 Å². The van der Waals surface area contributed by atoms with E-state index in [-0.39, 0.29) is 0 Å². The molecule has 2 nitrogen and oxygen atoms in total. The van der Waals surface area contributed by atoms with Crippen LogP contribution in [0.5, 0.6) is 5.75 Å². The Balaban J connectivity index is 2.84. The summed E-state index contributed by atoms with van der Waals surface area (Å²) in [5.41, 5.74) is 3.86. The van der Waals surface area contributed by atoms with Crippen molar-refractivity contribution >= 4 is 0 Å². The smallest absolute Gasteiger partial charge is 0.119 e. The molecule has 1 aromatic rings. The number of benzene rings is 1. The number of methoxy groups -OCH3 is 1. The van der Waals surface area contributed by atoms with Crippen LogP contribution in [0.15, 0.2) is 12.1 Å². The molecule has 2 heteroatoms. The minimum atomic E-state index is 0.630. The highest BCUT2D eigenvalue weighted by Crippen LogP contribution is 2.22. The topological polar surface area (TPSA) is 33.0 Å². The fraction of sp³-hybridized carbons (Fsp3) is 0.462. The molecule has 0 atom stereocenters. The third-order valence-electron chi connectivity index (χ3n) is 2.62. The zero-order valence-corrected chi connectivity index (χ0v) is 9.63. The van der Waals surface area contributed by atoms with Crippen molar-refractivity contribution in [1.82, 2.24) is 0 Å². The van der Waals surface area contributed by atoms with Crippen molar-refractivity contribution in [1.29, 1.82) is 5.26 Å². The Morgan fingerprint density at radius 1 is 1.27 bits per heavy atom. The molecule has 0 saturated heterocycles. The van der Waals surface area contributed by atoms with E-state index in [0.717, 1.165) is 18.6 Å². The van der Waals surface area contributed by atoms with Gasteiger partial charge in [-0.2, -0.15) is 5.26 Å². The standard InChI is InChI=1S/C13H17NO/c1-10-8-12(15-3)9-11(2)13(10)6-4-5-7-14/h8-9H,4-6H2,1-3H3. The maximum atomic E-state index is 8.50. The van der Waals surface area contributed by atoms with Crippen molar-refractivity contribution in [2.45, 2.75) is 33.1 Å². The van der Waals surface area contributed by atoms with Crippen molar-refractivity contribution in [2.75, 3.05) is 7.11 Å². The van der Waals surface area contributed by atoms with E-state index in [1.54, 1.807) is 7.11 Å². The lowest BCUT2D eigenvalue weighted by Gasteiger charge is -2.11. The molecule has 0 bridgehead atoms. The number of hydrogen-bond acceptors (Lipinski definition) is 2. The molecular formula is C13H17NO. The fourth-order valence-electron chi connectivity index (χ4n) is 1.81. The summed E-state index contributed by atoms with van der Waals surface area (Å²) >= 11 is 0. The van der Waals surface area contributed by atoms with E-state index in [1.807, 2.05) is 0 Å². The second-order valence-corrected chi connectivity index (χ2v) is 3.75. The van der Waals surface area contributed by atoms with Crippen molar-refractivity contribution in [3.8, 4) is 11.8 Å². The van der Waals surface area contributed by atoms with Crippen LogP contribution < -0.4 is 4.74 Å². The normalized spacial score (nSPS) is 9.73. The first kappa shape index (κ1) is 11.6. The van der Waals surface area contributed by atoms with Gasteiger partial charge >= 0.3 is 0 Å². The number of rotatable bonds is 4. The molecule has 0 heterocycles. The fourth-order valence-corrected chi connectivity index (χ4v) is 1.81. The van der Waals surface area contributed by atoms with Crippen molar-refractivity contribution < 1.29 is 4.74 Å². The summed E-state index contributed by atoms with van der Waals surface area (Å²) in [5.74, 6) is 0.911. The molecule has 0 radical (unpaired) electrons. The van der Waals surface area contributed by atoms with Gasteiger partial charge in [-0.3, -0.25) is 0 Å². The largest absolute Gasteiger partial charge is 0.497 e. The molecule has 15 heavy (non-hydrogen) atoms. The van der Waals surface area contributed by atoms with E-state index >= 15 is 0 Å². The van der Waals surface area contributed by atoms with Gasteiger partial charge in [0, 0.05) is 6.42 Å². The van der Waals surface area contributed by atoms with Crippen LogP contribution in [-0.4, -0.2) is 7.11 Å². The van der Waals surface area contributed by atoms with E-state index in [4.69, 9.17) is 10.00 Å². The Kier molecular flexibility index (Phi) is 4.17. The Morgan fingerprint density at radius 2 is 1.87 bits per heavy atom. The van der Waals surface area contributed by atoms with E-state index in [9.17, 15) is 0 Å². The van der Waals surface area contributed by atoms with E-state index in [0.29, 0.717) is 6.42 Å². The first-order valence-corrected chi connectivity index (χ1v) is 5.20. The molecule has 80 valence electrons. The molecule has 0 amide bonds. The predicted octanol–water partition coefficient (Wildman–Crippen LogP) is 3.16. The highest BCUT2D eigenvalue weighted by Gasteiger charge is 2.04. The van der Waals surface area contributed by atoms with Crippen molar-refractivity contribution in [3.05, 3.63) is 28.8 Å². The van der Waals surface area contributed by atoms with Gasteiger partial charge in [-0.25, -0.2) is 0 Å². The van der Waals surface area contributed by atoms with E-state index in [2.05, 4.69) is 32.0 Å². The van der Waals surface area contributed by atoms with Crippen LogP contribution in [0.25, 0.3) is 0 Å². The van der Waals surface area contributed by atoms with E-state index in [1.165, 1.54) is 16.7 Å². The van der Waals surface area contributed by atoms with Gasteiger partial charge in [-0.15, -0.1) is 0 Å². The average Bonchev–Trinajstić information content (AvgIpc) is 2.22. The van der Waals surface area contributed by atoms with Gasteiger partial charge in [0.15, 0.2) is 0 Å². The minimum Gasteiger partial charge on any atom is -0.497 e. The first-order valence-electron chi connectivity index (χ1n) is 5.20. The molecule has 1 aromatic carbocycles. The first-order chi connectivity index (χ1) is 7.19. The lowest BCUT2D eigenvalue weighted by molar-refractivity contribution is 0.414. The quantitative estimate of drug-likeness (QED) is 0.704. The number of unbranched alkanes of at least 4 members (excludes halogenated alkanes) is 1. The molecule has 0 fully saturated rings. The zero-order chi connectivity index (χ0) is 11.3. The van der Waals surface area contributed by atoms with Crippen LogP contribution in [0.2, 0.25) is 0 Å². The van der Waals surface area contributed by atoms with Crippen LogP contribution in [0.1, 0.15) is 29.5 Å². The highest BCUT2D eigenvalue weighted by molar-refractivity contribution is 5.41. The SMILES string of the molecule is COc1cc(C)c(CCCC#N)c(C)c1. The lowest BCUT2D eigenvalue weighted by Crippen LogP contribution is -1.96. The molecule has 0 N–H and O–H groups in total. The summed E-state index contributed by atoms with van der Waals surface area (Å²) in [6.07, 6.45) is 2.55. The van der Waals surface area contributed by atoms with Gasteiger partial charge in [0.1, 0.15) is 5.75 Å². The average molecular weight is 203 g/mol. The summed E-state index contributed by atoms with van der Waals surface area (Å²) in [7, 11) is 1.68. The predicted molar refractivity (Wildman–Crippen MR) is 61.0 cm³/mol. The maximum absolute atomic E-state index is 8.50. The second-order valence-electron chi connectivity index (χ2n) is 3.75. The van der Waals surface area contributed by atoms with Gasteiger partial charge in [0.2, 0.25) is 0 Å². The van der Waals surface area contributed by atoms with E-state index < -0.39 is 0 Å². The second kappa shape index (κ2) is 5.41. The third kappa shape index (κ3) is 2.99. The zero-order valence-electron chi connectivity index (χ0n) is 9.63. The van der Waals surface area contributed by atoms with Crippen LogP contribution in [0.4, 0.5) is 0 Å². The molecule has 1 rings (SSSR count). The summed E-state index contributed by atoms with van der Waals surface area (Å²) in [4.78, 5) is 0. The number of hydrogen-bond donors (Lipinski definition) is 0. The third-order valence-corrected chi connectivity index (χ3v) is 2.62. The molecule has 0 aromatic heterocycles. The van der Waals surface area contributed by atoms with Crippen LogP contribution in [0, 0.1) is 25.2 Å². The Hall–Kier alpha value is -1.49. The van der Waals surface area contributed by atoms with Crippen LogP contribution >= 0.6 is 0 Å². The summed E-state index contributed by atoms with van der Waals surface area (Å²) in [6.45, 7) is 4.19. The maximum Gasteiger partial charge on any atom is 0.119 e. The summed E-state index contributed by atoms with van der Waals surface area (Å²) in [6, 6.07) is 6.28. The Morgan fingerprint density at radius 3 is 2.33 bits per heavy atom. The van der Waals surface area contributed by atoms with Crippen molar-refractivity contribution in [3.63, 3.8) is 0 Å². The molecule has 0 aliphatic carbocycles. The Labute approximate surface area is 91.5 Å². The molecule has 0 unspecified atom stereocenters. The molecule has 0 aliphatic heterocycles. The highest BCUT2D eigenvalue weighted by atomic mass is 16.5. The summed E-state index contributed by atoms with van der Waals surface area (Å²) < 4.78 is 5.20. The molecular weight excluding hydrogens is 186 g/mol. The molecule has 0 aliphatic rings. The molecule has 0 saturated carbocycles. The number of aryl methyl sites for hydroxylation is 2. The van der Waals surface area contributed by atoms with Crippen LogP contribution in [-0.2, 0) is 6.42 Å². The molecule has 0 spiro atoms. The number of nitriles is 1. The number of ether oxygens (including phenoxy) is 1. The van der Waals surface area contributed by atoms with Crippen molar-refractivity contribution in [2.24, 2.45) is 0 Å².